The molecule has 2 heteroatoms. The monoisotopic (exact) mass is 242 g/mol. The molecule has 1 unspecified atom stereocenters. The highest BCUT2D eigenvalue weighted by Crippen LogP contribution is 2.33. The summed E-state index contributed by atoms with van der Waals surface area (Å²) in [6.45, 7) is 0. The molecule has 0 N–H and O–H groups in total. The molecule has 0 radical (unpaired) electrons. The lowest BCUT2D eigenvalue weighted by Gasteiger charge is -2.13. The second-order valence-electron chi connectivity index (χ2n) is 4.53. The lowest BCUT2D eigenvalue weighted by Crippen LogP contribution is -2.04. The Morgan fingerprint density at radius 3 is 2.76 bits per heavy atom. The second-order valence-corrected chi connectivity index (χ2v) is 5.53. The minimum absolute atomic E-state index is 0.313. The van der Waals surface area contributed by atoms with Crippen LogP contribution in [-0.4, -0.2) is 5.78 Å². The first-order valence-corrected chi connectivity index (χ1v) is 6.87. The van der Waals surface area contributed by atoms with Crippen LogP contribution in [0.3, 0.4) is 0 Å². The van der Waals surface area contributed by atoms with Gasteiger partial charge in [0.05, 0.1) is 0 Å². The first kappa shape index (κ1) is 10.7. The van der Waals surface area contributed by atoms with Crippen LogP contribution in [0.1, 0.15) is 39.6 Å². The molecule has 1 heterocycles. The van der Waals surface area contributed by atoms with Crippen LogP contribution in [0.4, 0.5) is 0 Å². The van der Waals surface area contributed by atoms with Gasteiger partial charge in [0.1, 0.15) is 0 Å². The van der Waals surface area contributed by atoms with E-state index < -0.39 is 0 Å². The Morgan fingerprint density at radius 2 is 1.94 bits per heavy atom. The van der Waals surface area contributed by atoms with Gasteiger partial charge >= 0.3 is 0 Å². The van der Waals surface area contributed by atoms with Crippen molar-refractivity contribution in [3.8, 4) is 0 Å². The molecular formula is C15H14OS. The summed E-state index contributed by atoms with van der Waals surface area (Å²) in [6.07, 6.45) is 2.79. The van der Waals surface area contributed by atoms with Gasteiger partial charge in [0, 0.05) is 16.9 Å². The standard InChI is InChI=1S/C15H14OS/c16-14-10-12(11-4-2-1-3-5-11)6-7-15-13(14)8-9-17-15/h1-5,8-9,12H,6-7,10H2. The quantitative estimate of drug-likeness (QED) is 0.689. The zero-order valence-corrected chi connectivity index (χ0v) is 10.4. The van der Waals surface area contributed by atoms with Crippen molar-refractivity contribution in [2.75, 3.05) is 0 Å². The van der Waals surface area contributed by atoms with Crippen LogP contribution in [0.15, 0.2) is 41.8 Å². The predicted octanol–water partition coefficient (Wildman–Crippen LogP) is 4.05. The Morgan fingerprint density at radius 1 is 1.12 bits per heavy atom. The fourth-order valence-corrected chi connectivity index (χ4v) is 3.45. The van der Waals surface area contributed by atoms with E-state index in [0.717, 1.165) is 18.4 Å². The Balaban J connectivity index is 1.89. The van der Waals surface area contributed by atoms with Gasteiger partial charge in [-0.2, -0.15) is 0 Å². The summed E-state index contributed by atoms with van der Waals surface area (Å²) in [4.78, 5) is 13.4. The van der Waals surface area contributed by atoms with Gasteiger partial charge in [-0.3, -0.25) is 4.79 Å². The van der Waals surface area contributed by atoms with Gasteiger partial charge in [0.15, 0.2) is 5.78 Å². The third kappa shape index (κ3) is 2.05. The lowest BCUT2D eigenvalue weighted by atomic mass is 9.91. The number of fused-ring (bicyclic) bond motifs is 1. The van der Waals surface area contributed by atoms with Gasteiger partial charge < -0.3 is 0 Å². The van der Waals surface area contributed by atoms with Crippen LogP contribution in [0, 0.1) is 0 Å². The normalized spacial score (nSPS) is 19.8. The summed E-state index contributed by atoms with van der Waals surface area (Å²) in [7, 11) is 0. The molecule has 0 aliphatic heterocycles. The minimum atomic E-state index is 0.313. The number of rotatable bonds is 1. The molecule has 0 bridgehead atoms. The number of hydrogen-bond donors (Lipinski definition) is 0. The van der Waals surface area contributed by atoms with Gasteiger partial charge in [-0.1, -0.05) is 30.3 Å². The lowest BCUT2D eigenvalue weighted by molar-refractivity contribution is 0.0976. The third-order valence-corrected chi connectivity index (χ3v) is 4.45. The Kier molecular flexibility index (Phi) is 2.81. The van der Waals surface area contributed by atoms with E-state index in [4.69, 9.17) is 0 Å². The van der Waals surface area contributed by atoms with Gasteiger partial charge in [0.25, 0.3) is 0 Å². The number of hydrogen-bond acceptors (Lipinski definition) is 2. The highest BCUT2D eigenvalue weighted by Gasteiger charge is 2.24. The van der Waals surface area contributed by atoms with E-state index in [2.05, 4.69) is 24.3 Å². The predicted molar refractivity (Wildman–Crippen MR) is 70.8 cm³/mol. The Bertz CT molecular complexity index is 527. The van der Waals surface area contributed by atoms with Crippen LogP contribution in [-0.2, 0) is 6.42 Å². The largest absolute Gasteiger partial charge is 0.294 e. The van der Waals surface area contributed by atoms with Crippen LogP contribution < -0.4 is 0 Å². The maximum atomic E-state index is 12.2. The van der Waals surface area contributed by atoms with E-state index in [1.54, 1.807) is 11.3 Å². The molecule has 1 atom stereocenters. The molecule has 86 valence electrons. The summed E-state index contributed by atoms with van der Waals surface area (Å²) in [5.74, 6) is 0.705. The van der Waals surface area contributed by atoms with Crippen LogP contribution in [0.2, 0.25) is 0 Å². The highest BCUT2D eigenvalue weighted by atomic mass is 32.1. The molecule has 1 nitrogen and oxygen atoms in total. The Labute approximate surface area is 105 Å². The number of Topliss-reactive ketones (excluding diaryl/α,β-unsaturated/α-hetero) is 1. The molecule has 0 saturated heterocycles. The summed E-state index contributed by atoms with van der Waals surface area (Å²) in [6, 6.07) is 12.4. The zero-order chi connectivity index (χ0) is 11.7. The molecule has 0 spiro atoms. The van der Waals surface area contributed by atoms with Crippen molar-refractivity contribution in [2.45, 2.75) is 25.2 Å². The van der Waals surface area contributed by atoms with Crippen LogP contribution in [0.5, 0.6) is 0 Å². The second kappa shape index (κ2) is 4.46. The summed E-state index contributed by atoms with van der Waals surface area (Å²) in [5.41, 5.74) is 2.27. The van der Waals surface area contributed by atoms with Crippen molar-refractivity contribution < 1.29 is 4.79 Å². The molecule has 0 saturated carbocycles. The van der Waals surface area contributed by atoms with Gasteiger partial charge in [0.2, 0.25) is 0 Å². The average Bonchev–Trinajstić information content (AvgIpc) is 2.78. The van der Waals surface area contributed by atoms with E-state index in [-0.39, 0.29) is 0 Å². The number of carbonyl (C=O) groups excluding carboxylic acids is 1. The summed E-state index contributed by atoms with van der Waals surface area (Å²) >= 11 is 1.72. The van der Waals surface area contributed by atoms with Crippen LogP contribution in [0.25, 0.3) is 0 Å². The summed E-state index contributed by atoms with van der Waals surface area (Å²) < 4.78 is 0. The molecule has 17 heavy (non-hydrogen) atoms. The maximum absolute atomic E-state index is 12.2. The molecule has 0 amide bonds. The molecule has 3 rings (SSSR count). The van der Waals surface area contributed by atoms with E-state index in [1.165, 1.54) is 10.4 Å². The SMILES string of the molecule is O=C1CC(c2ccccc2)CCc2sccc21. The van der Waals surface area contributed by atoms with Gasteiger partial charge in [-0.05, 0) is 35.8 Å². The molecule has 1 aromatic heterocycles. The topological polar surface area (TPSA) is 17.1 Å². The number of aryl methyl sites for hydroxylation is 1. The van der Waals surface area contributed by atoms with E-state index in [9.17, 15) is 4.79 Å². The number of carbonyl (C=O) groups is 1. The van der Waals surface area contributed by atoms with Crippen molar-refractivity contribution in [3.63, 3.8) is 0 Å². The minimum Gasteiger partial charge on any atom is -0.294 e. The van der Waals surface area contributed by atoms with Gasteiger partial charge in [-0.25, -0.2) is 0 Å². The van der Waals surface area contributed by atoms with Crippen molar-refractivity contribution in [1.29, 1.82) is 0 Å². The van der Waals surface area contributed by atoms with Crippen molar-refractivity contribution in [1.82, 2.24) is 0 Å². The number of thiophene rings is 1. The zero-order valence-electron chi connectivity index (χ0n) is 9.56. The molecule has 0 fully saturated rings. The number of ketones is 1. The highest BCUT2D eigenvalue weighted by molar-refractivity contribution is 7.10. The molecular weight excluding hydrogens is 228 g/mol. The Hall–Kier alpha value is -1.41. The van der Waals surface area contributed by atoms with Crippen LogP contribution >= 0.6 is 11.3 Å². The summed E-state index contributed by atoms with van der Waals surface area (Å²) in [5, 5.41) is 2.03. The smallest absolute Gasteiger partial charge is 0.164 e. The average molecular weight is 242 g/mol. The molecule has 1 aliphatic carbocycles. The molecule has 2 aromatic rings. The number of benzene rings is 1. The first-order chi connectivity index (χ1) is 8.34. The van der Waals surface area contributed by atoms with Gasteiger partial charge in [-0.15, -0.1) is 11.3 Å². The fourth-order valence-electron chi connectivity index (χ4n) is 2.53. The first-order valence-electron chi connectivity index (χ1n) is 5.99. The fraction of sp³-hybridized carbons (Fsp3) is 0.267. The molecule has 1 aromatic carbocycles. The van der Waals surface area contributed by atoms with Crippen molar-refractivity contribution in [3.05, 3.63) is 57.8 Å². The van der Waals surface area contributed by atoms with E-state index in [1.807, 2.05) is 17.5 Å². The third-order valence-electron chi connectivity index (χ3n) is 3.47. The van der Waals surface area contributed by atoms with E-state index >= 15 is 0 Å². The maximum Gasteiger partial charge on any atom is 0.164 e. The van der Waals surface area contributed by atoms with Crippen molar-refractivity contribution in [2.24, 2.45) is 0 Å². The van der Waals surface area contributed by atoms with E-state index in [0.29, 0.717) is 18.1 Å². The van der Waals surface area contributed by atoms with Crippen molar-refractivity contribution >= 4 is 17.1 Å². The molecule has 1 aliphatic rings.